The van der Waals surface area contributed by atoms with Crippen molar-refractivity contribution >= 4 is 18.0 Å². The predicted octanol–water partition coefficient (Wildman–Crippen LogP) is 4.55. The second kappa shape index (κ2) is 8.70. The SMILES string of the molecule is CC(C)(CC(=O)N1CC2CCC1(C(=O)O)CC2)NC(=O)OCC1c2ccccc2-c2ccccc21. The number of nitrogens with zero attached hydrogens (tertiary/aromatic N) is 1. The molecule has 2 aliphatic heterocycles. The average molecular weight is 477 g/mol. The lowest BCUT2D eigenvalue weighted by Gasteiger charge is -2.52. The maximum Gasteiger partial charge on any atom is 0.407 e. The molecule has 0 unspecified atom stereocenters. The molecule has 184 valence electrons. The Balaban J connectivity index is 1.22. The van der Waals surface area contributed by atoms with E-state index >= 15 is 0 Å². The molecule has 7 nitrogen and oxygen atoms in total. The molecule has 2 heterocycles. The molecule has 35 heavy (non-hydrogen) atoms. The topological polar surface area (TPSA) is 95.9 Å². The van der Waals surface area contributed by atoms with Crippen LogP contribution in [0.15, 0.2) is 48.5 Å². The predicted molar refractivity (Wildman–Crippen MR) is 131 cm³/mol. The molecule has 7 heteroatoms. The first kappa shape index (κ1) is 23.4. The third-order valence-corrected chi connectivity index (χ3v) is 7.97. The van der Waals surface area contributed by atoms with E-state index in [9.17, 15) is 19.5 Å². The number of alkyl carbamates (subject to hydrolysis) is 1. The van der Waals surface area contributed by atoms with E-state index in [0.717, 1.165) is 35.1 Å². The standard InChI is InChI=1S/C28H32N2O5/c1-27(2,15-24(31)30-16-18-11-13-28(30,14-12-18)25(32)33)29-26(34)35-17-23-21-9-5-3-7-19(21)20-8-4-6-10-22(20)23/h3-10,18,23H,11-17H2,1-2H3,(H,29,34)(H,32,33). The molecule has 2 aromatic rings. The molecule has 6 rings (SSSR count). The van der Waals surface area contributed by atoms with Crippen molar-refractivity contribution in [3.63, 3.8) is 0 Å². The van der Waals surface area contributed by atoms with Crippen LogP contribution in [0.1, 0.15) is 63.0 Å². The number of nitrogens with one attached hydrogen (secondary N) is 1. The highest BCUT2D eigenvalue weighted by atomic mass is 16.5. The third kappa shape index (κ3) is 4.17. The molecule has 2 bridgehead atoms. The van der Waals surface area contributed by atoms with Gasteiger partial charge < -0.3 is 20.1 Å². The number of hydrogen-bond acceptors (Lipinski definition) is 4. The van der Waals surface area contributed by atoms with Crippen LogP contribution in [0.2, 0.25) is 0 Å². The van der Waals surface area contributed by atoms with Gasteiger partial charge in [0.25, 0.3) is 0 Å². The normalized spacial score (nSPS) is 22.9. The van der Waals surface area contributed by atoms with Gasteiger partial charge in [0, 0.05) is 24.4 Å². The van der Waals surface area contributed by atoms with Gasteiger partial charge in [0.1, 0.15) is 12.1 Å². The Hall–Kier alpha value is -3.35. The number of carbonyl (C=O) groups excluding carboxylic acids is 2. The number of amides is 2. The first-order valence-electron chi connectivity index (χ1n) is 12.4. The van der Waals surface area contributed by atoms with E-state index in [2.05, 4.69) is 29.6 Å². The molecule has 2 aliphatic carbocycles. The Kier molecular flexibility index (Phi) is 5.82. The van der Waals surface area contributed by atoms with Gasteiger partial charge in [-0.3, -0.25) is 4.79 Å². The van der Waals surface area contributed by atoms with Gasteiger partial charge in [0.15, 0.2) is 0 Å². The van der Waals surface area contributed by atoms with Crippen LogP contribution >= 0.6 is 0 Å². The van der Waals surface area contributed by atoms with Gasteiger partial charge in [0.2, 0.25) is 5.91 Å². The highest BCUT2D eigenvalue weighted by Crippen LogP contribution is 2.45. The Labute approximate surface area is 205 Å². The van der Waals surface area contributed by atoms with Crippen molar-refractivity contribution in [2.24, 2.45) is 5.92 Å². The van der Waals surface area contributed by atoms with Crippen LogP contribution in [0.3, 0.4) is 0 Å². The number of ether oxygens (including phenoxy) is 1. The number of rotatable bonds is 6. The number of hydrogen-bond donors (Lipinski definition) is 2. The quantitative estimate of drug-likeness (QED) is 0.638. The molecule has 2 amide bonds. The van der Waals surface area contributed by atoms with Crippen molar-refractivity contribution in [3.8, 4) is 11.1 Å². The van der Waals surface area contributed by atoms with Crippen molar-refractivity contribution in [2.75, 3.05) is 13.2 Å². The van der Waals surface area contributed by atoms with Gasteiger partial charge in [-0.05, 0) is 67.7 Å². The van der Waals surface area contributed by atoms with Crippen molar-refractivity contribution in [3.05, 3.63) is 59.7 Å². The molecule has 2 aromatic carbocycles. The van der Waals surface area contributed by atoms with E-state index < -0.39 is 23.1 Å². The molecule has 0 radical (unpaired) electrons. The Bertz CT molecular complexity index is 1120. The van der Waals surface area contributed by atoms with Gasteiger partial charge >= 0.3 is 12.1 Å². The zero-order valence-electron chi connectivity index (χ0n) is 20.3. The van der Waals surface area contributed by atoms with Crippen LogP contribution in [0.4, 0.5) is 4.79 Å². The number of carboxylic acids is 1. The number of benzene rings is 2. The second-order valence-corrected chi connectivity index (χ2v) is 10.8. The fourth-order valence-corrected chi connectivity index (χ4v) is 6.14. The molecule has 3 fully saturated rings. The van der Waals surface area contributed by atoms with Crippen LogP contribution in [-0.2, 0) is 14.3 Å². The van der Waals surface area contributed by atoms with Crippen LogP contribution < -0.4 is 5.32 Å². The largest absolute Gasteiger partial charge is 0.479 e. The second-order valence-electron chi connectivity index (χ2n) is 10.8. The van der Waals surface area contributed by atoms with Crippen molar-refractivity contribution < 1.29 is 24.2 Å². The lowest BCUT2D eigenvalue weighted by atomic mass is 9.70. The molecule has 0 atom stereocenters. The Morgan fingerprint density at radius 3 is 2.17 bits per heavy atom. The fourth-order valence-electron chi connectivity index (χ4n) is 6.14. The summed E-state index contributed by atoms with van der Waals surface area (Å²) in [4.78, 5) is 39.6. The summed E-state index contributed by atoms with van der Waals surface area (Å²) in [6.45, 7) is 4.20. The zero-order chi connectivity index (χ0) is 24.8. The minimum atomic E-state index is -1.11. The Morgan fingerprint density at radius 2 is 1.60 bits per heavy atom. The molecule has 2 N–H and O–H groups in total. The molecule has 0 spiro atoms. The summed E-state index contributed by atoms with van der Waals surface area (Å²) in [6, 6.07) is 16.3. The van der Waals surface area contributed by atoms with Gasteiger partial charge in [-0.15, -0.1) is 0 Å². The average Bonchev–Trinajstić information content (AvgIpc) is 3.16. The molecule has 4 aliphatic rings. The van der Waals surface area contributed by atoms with Crippen LogP contribution in [-0.4, -0.2) is 52.2 Å². The number of piperidine rings is 2. The summed E-state index contributed by atoms with van der Waals surface area (Å²) in [5, 5.41) is 12.7. The van der Waals surface area contributed by atoms with Gasteiger partial charge in [-0.25, -0.2) is 9.59 Å². The lowest BCUT2D eigenvalue weighted by molar-refractivity contribution is -0.171. The van der Waals surface area contributed by atoms with Gasteiger partial charge in [-0.1, -0.05) is 48.5 Å². The molecule has 0 aromatic heterocycles. The van der Waals surface area contributed by atoms with E-state index in [1.807, 2.05) is 24.3 Å². The summed E-state index contributed by atoms with van der Waals surface area (Å²) >= 11 is 0. The molecular weight excluding hydrogens is 444 g/mol. The number of fused-ring (bicyclic) bond motifs is 6. The minimum Gasteiger partial charge on any atom is -0.479 e. The maximum atomic E-state index is 13.2. The van der Waals surface area contributed by atoms with E-state index in [1.165, 1.54) is 0 Å². The summed E-state index contributed by atoms with van der Waals surface area (Å²) < 4.78 is 5.64. The minimum absolute atomic E-state index is 0.0128. The van der Waals surface area contributed by atoms with E-state index in [4.69, 9.17) is 4.74 Å². The van der Waals surface area contributed by atoms with Gasteiger partial charge in [-0.2, -0.15) is 0 Å². The van der Waals surface area contributed by atoms with Crippen LogP contribution in [0.25, 0.3) is 11.1 Å². The number of carboxylic acid groups (broad SMARTS) is 1. The monoisotopic (exact) mass is 476 g/mol. The number of carbonyl (C=O) groups is 3. The van der Waals surface area contributed by atoms with Crippen molar-refractivity contribution in [2.45, 2.75) is 62.9 Å². The van der Waals surface area contributed by atoms with Crippen LogP contribution in [0.5, 0.6) is 0 Å². The summed E-state index contributed by atoms with van der Waals surface area (Å²) in [5.41, 5.74) is 2.60. The maximum absolute atomic E-state index is 13.2. The summed E-state index contributed by atoms with van der Waals surface area (Å²) in [7, 11) is 0. The summed E-state index contributed by atoms with van der Waals surface area (Å²) in [5.74, 6) is -0.845. The van der Waals surface area contributed by atoms with Crippen molar-refractivity contribution in [1.29, 1.82) is 0 Å². The first-order valence-corrected chi connectivity index (χ1v) is 12.4. The summed E-state index contributed by atoms with van der Waals surface area (Å²) in [6.07, 6.45) is 2.11. The smallest absolute Gasteiger partial charge is 0.407 e. The highest BCUT2D eigenvalue weighted by molar-refractivity contribution is 5.88. The zero-order valence-corrected chi connectivity index (χ0v) is 20.3. The van der Waals surface area contributed by atoms with E-state index in [0.29, 0.717) is 25.3 Å². The van der Waals surface area contributed by atoms with Crippen LogP contribution in [0, 0.1) is 5.92 Å². The first-order chi connectivity index (χ1) is 16.7. The molecule has 2 saturated heterocycles. The fraction of sp³-hybridized carbons (Fsp3) is 0.464. The van der Waals surface area contributed by atoms with E-state index in [-0.39, 0.29) is 24.9 Å². The Morgan fingerprint density at radius 1 is 1.03 bits per heavy atom. The van der Waals surface area contributed by atoms with E-state index in [1.54, 1.807) is 18.7 Å². The van der Waals surface area contributed by atoms with Gasteiger partial charge in [0.05, 0.1) is 0 Å². The van der Waals surface area contributed by atoms with Crippen molar-refractivity contribution in [1.82, 2.24) is 10.2 Å². The third-order valence-electron chi connectivity index (χ3n) is 7.97. The lowest BCUT2D eigenvalue weighted by Crippen LogP contribution is -2.65. The number of aliphatic carboxylic acids is 1. The molecule has 1 saturated carbocycles. The highest BCUT2D eigenvalue weighted by Gasteiger charge is 2.53. The molecular formula is C28H32N2O5.